The summed E-state index contributed by atoms with van der Waals surface area (Å²) in [5.74, 6) is 1.03. The summed E-state index contributed by atoms with van der Waals surface area (Å²) in [7, 11) is 1.75. The number of fused-ring (bicyclic) bond motifs is 3. The van der Waals surface area contributed by atoms with Crippen molar-refractivity contribution in [3.8, 4) is 16.9 Å². The van der Waals surface area contributed by atoms with Gasteiger partial charge in [-0.25, -0.2) is 0 Å². The third-order valence-electron chi connectivity index (χ3n) is 3.17. The number of methoxy groups -OCH3 is 1. The summed E-state index contributed by atoms with van der Waals surface area (Å²) in [5.41, 5.74) is 5.68. The summed E-state index contributed by atoms with van der Waals surface area (Å²) in [6.07, 6.45) is 1.06. The van der Waals surface area contributed by atoms with Gasteiger partial charge in [0.2, 0.25) is 0 Å². The minimum Gasteiger partial charge on any atom is -1.00 e. The molecule has 1 nitrogen and oxygen atoms in total. The Morgan fingerprint density at radius 1 is 1.00 bits per heavy atom. The molecular weight excluding hydrogens is 346 g/mol. The molecule has 4 heteroatoms. The maximum atomic E-state index is 5.39. The Balaban J connectivity index is 0.000000810. The second-order valence-corrected chi connectivity index (χ2v) is 5.23. The van der Waals surface area contributed by atoms with Crippen molar-refractivity contribution in [2.75, 3.05) is 7.11 Å². The van der Waals surface area contributed by atoms with Crippen molar-refractivity contribution < 1.29 is 54.3 Å². The van der Waals surface area contributed by atoms with Crippen molar-refractivity contribution in [3.05, 3.63) is 47.5 Å². The summed E-state index contributed by atoms with van der Waals surface area (Å²) >= 11 is 1.43. The molecule has 0 N–H and O–H groups in total. The van der Waals surface area contributed by atoms with Crippen LogP contribution in [-0.2, 0) is 31.1 Å². The van der Waals surface area contributed by atoms with E-state index in [0.717, 1.165) is 12.2 Å². The Hall–Kier alpha value is -0.297. The van der Waals surface area contributed by atoms with Gasteiger partial charge in [0.1, 0.15) is 0 Å². The quantitative estimate of drug-likeness (QED) is 0.438. The van der Waals surface area contributed by atoms with Crippen LogP contribution in [0.25, 0.3) is 11.1 Å². The van der Waals surface area contributed by atoms with Gasteiger partial charge in [0.25, 0.3) is 0 Å². The molecule has 0 saturated heterocycles. The fourth-order valence-corrected chi connectivity index (χ4v) is 3.36. The van der Waals surface area contributed by atoms with Gasteiger partial charge in [-0.3, -0.25) is 0 Å². The molecule has 0 aromatic heterocycles. The molecule has 18 heavy (non-hydrogen) atoms. The standard InChI is InChI=1S/C14H11O.2ClH.Zr/c1-15-12-6-7-14-11(9-12)8-10-4-2-3-5-13(10)14;;;/h2-7H,8H2,1H3;2*1H;/q;;;+2/p-2. The number of halogens is 2. The number of benzene rings is 2. The molecule has 0 heterocycles. The molecule has 0 bridgehead atoms. The van der Waals surface area contributed by atoms with Gasteiger partial charge in [-0.05, 0) is 0 Å². The van der Waals surface area contributed by atoms with E-state index in [2.05, 4.69) is 36.4 Å². The van der Waals surface area contributed by atoms with Crippen LogP contribution in [0.3, 0.4) is 0 Å². The molecule has 0 unspecified atom stereocenters. The Bertz CT molecular complexity index is 570. The third-order valence-corrected chi connectivity index (χ3v) is 4.52. The van der Waals surface area contributed by atoms with E-state index in [1.807, 2.05) is 0 Å². The molecular formula is C14H11Cl2OZr. The summed E-state index contributed by atoms with van der Waals surface area (Å²) in [6, 6.07) is 12.9. The molecule has 91 valence electrons. The van der Waals surface area contributed by atoms with Crippen molar-refractivity contribution in [1.82, 2.24) is 0 Å². The molecule has 3 rings (SSSR count). The molecule has 2 aromatic rings. The van der Waals surface area contributed by atoms with E-state index < -0.39 is 0 Å². The fraction of sp³-hybridized carbons (Fsp3) is 0.143. The van der Waals surface area contributed by atoms with Crippen LogP contribution in [0, 0.1) is 0 Å². The molecule has 0 fully saturated rings. The molecule has 1 aliphatic carbocycles. The molecule has 2 aromatic carbocycles. The van der Waals surface area contributed by atoms with E-state index >= 15 is 0 Å². The molecule has 0 radical (unpaired) electrons. The Morgan fingerprint density at radius 2 is 1.72 bits per heavy atom. The number of hydrogen-bond acceptors (Lipinski definition) is 1. The van der Waals surface area contributed by atoms with E-state index in [1.165, 1.54) is 50.2 Å². The third kappa shape index (κ3) is 2.39. The predicted molar refractivity (Wildman–Crippen MR) is 60.9 cm³/mol. The average Bonchev–Trinajstić information content (AvgIpc) is 2.69. The van der Waals surface area contributed by atoms with Crippen molar-refractivity contribution in [2.24, 2.45) is 0 Å². The first-order valence-electron chi connectivity index (χ1n) is 5.31. The second kappa shape index (κ2) is 6.23. The molecule has 0 amide bonds. The maximum absolute atomic E-state index is 5.39. The van der Waals surface area contributed by atoms with Crippen LogP contribution >= 0.6 is 0 Å². The van der Waals surface area contributed by atoms with Gasteiger partial charge in [-0.15, -0.1) is 0 Å². The Labute approximate surface area is 135 Å². The average molecular weight is 357 g/mol. The zero-order valence-electron chi connectivity index (χ0n) is 9.84. The predicted octanol–water partition coefficient (Wildman–Crippen LogP) is -3.55. The number of rotatable bonds is 1. The van der Waals surface area contributed by atoms with Crippen LogP contribution in [0.1, 0.15) is 11.1 Å². The maximum Gasteiger partial charge on any atom is -1.00 e. The molecule has 0 spiro atoms. The van der Waals surface area contributed by atoms with Crippen LogP contribution in [0.4, 0.5) is 0 Å². The first-order chi connectivity index (χ1) is 7.81. The van der Waals surface area contributed by atoms with Crippen LogP contribution in [0.15, 0.2) is 36.4 Å². The number of hydrogen-bond donors (Lipinski definition) is 0. The monoisotopic (exact) mass is 355 g/mol. The molecule has 0 atom stereocenters. The summed E-state index contributed by atoms with van der Waals surface area (Å²) in [6.45, 7) is 0. The SMILES string of the molecule is COc1ccc2c([c]1[Zr+2])Cc1ccccc1-2.[Cl-].[Cl-]. The summed E-state index contributed by atoms with van der Waals surface area (Å²) in [4.78, 5) is 0. The van der Waals surface area contributed by atoms with E-state index in [-0.39, 0.29) is 24.8 Å². The van der Waals surface area contributed by atoms with Gasteiger partial charge in [-0.1, -0.05) is 0 Å². The van der Waals surface area contributed by atoms with Gasteiger partial charge in [-0.2, -0.15) is 0 Å². The van der Waals surface area contributed by atoms with Gasteiger partial charge >= 0.3 is 111 Å². The summed E-state index contributed by atoms with van der Waals surface area (Å²) < 4.78 is 6.76. The van der Waals surface area contributed by atoms with E-state index in [4.69, 9.17) is 4.74 Å². The molecule has 0 saturated carbocycles. The minimum absolute atomic E-state index is 0. The fourth-order valence-electron chi connectivity index (χ4n) is 2.36. The van der Waals surface area contributed by atoms with E-state index in [0.29, 0.717) is 0 Å². The van der Waals surface area contributed by atoms with Crippen molar-refractivity contribution in [2.45, 2.75) is 6.42 Å². The van der Waals surface area contributed by atoms with Crippen LogP contribution in [0.5, 0.6) is 5.75 Å². The van der Waals surface area contributed by atoms with Crippen molar-refractivity contribution >= 4 is 3.27 Å². The first kappa shape index (κ1) is 15.8. The number of ether oxygens (including phenoxy) is 1. The topological polar surface area (TPSA) is 9.23 Å². The molecule has 1 aliphatic rings. The van der Waals surface area contributed by atoms with Gasteiger partial charge in [0.05, 0.1) is 0 Å². The Morgan fingerprint density at radius 3 is 2.44 bits per heavy atom. The van der Waals surface area contributed by atoms with Crippen LogP contribution in [0.2, 0.25) is 0 Å². The van der Waals surface area contributed by atoms with E-state index in [9.17, 15) is 0 Å². The molecule has 0 aliphatic heterocycles. The van der Waals surface area contributed by atoms with Crippen LogP contribution < -0.4 is 32.8 Å². The second-order valence-electron chi connectivity index (χ2n) is 4.00. The van der Waals surface area contributed by atoms with Crippen LogP contribution in [-0.4, -0.2) is 7.11 Å². The summed E-state index contributed by atoms with van der Waals surface area (Å²) in [5, 5.41) is 0. The smallest absolute Gasteiger partial charge is 1.00 e. The van der Waals surface area contributed by atoms with Crippen molar-refractivity contribution in [1.29, 1.82) is 0 Å². The van der Waals surface area contributed by atoms with Gasteiger partial charge in [0.15, 0.2) is 0 Å². The zero-order valence-corrected chi connectivity index (χ0v) is 13.8. The first-order valence-corrected chi connectivity index (χ1v) is 6.54. The zero-order chi connectivity index (χ0) is 11.1. The van der Waals surface area contributed by atoms with Crippen molar-refractivity contribution in [3.63, 3.8) is 0 Å². The minimum atomic E-state index is 0. The van der Waals surface area contributed by atoms with E-state index in [1.54, 1.807) is 7.11 Å². The van der Waals surface area contributed by atoms with Gasteiger partial charge in [0, 0.05) is 0 Å². The largest absolute Gasteiger partial charge is 1.00 e. The Kier molecular flexibility index (Phi) is 5.46. The normalized spacial score (nSPS) is 10.8. The van der Waals surface area contributed by atoms with Gasteiger partial charge < -0.3 is 24.8 Å².